The zero-order chi connectivity index (χ0) is 26.4. The largest absolute Gasteiger partial charge is 0.507 e. The summed E-state index contributed by atoms with van der Waals surface area (Å²) in [4.78, 5) is 0. The zero-order valence-corrected chi connectivity index (χ0v) is 24.5. The Hall–Kier alpha value is -1.76. The summed E-state index contributed by atoms with van der Waals surface area (Å²) >= 11 is 0. The molecule has 0 saturated carbocycles. The molecule has 0 radical (unpaired) electrons. The predicted molar refractivity (Wildman–Crippen MR) is 165 cm³/mol. The van der Waals surface area contributed by atoms with Gasteiger partial charge < -0.3 is 5.11 Å². The highest BCUT2D eigenvalue weighted by Gasteiger charge is 2.14. The Labute approximate surface area is 230 Å². The fraction of sp³-hybridized carbons (Fsp3) is 0.667. The van der Waals surface area contributed by atoms with Crippen molar-refractivity contribution in [3.8, 4) is 16.9 Å². The molecule has 0 atom stereocenters. The van der Waals surface area contributed by atoms with Gasteiger partial charge in [0.25, 0.3) is 0 Å². The minimum atomic E-state index is 0.445. The van der Waals surface area contributed by atoms with Crippen LogP contribution in [-0.4, -0.2) is 5.11 Å². The maximum absolute atomic E-state index is 10.9. The lowest BCUT2D eigenvalue weighted by Gasteiger charge is -2.17. The van der Waals surface area contributed by atoms with E-state index in [4.69, 9.17) is 0 Å². The van der Waals surface area contributed by atoms with E-state index in [1.807, 2.05) is 6.07 Å². The van der Waals surface area contributed by atoms with Gasteiger partial charge in [-0.25, -0.2) is 0 Å². The number of hydrogen-bond acceptors (Lipinski definition) is 1. The summed E-state index contributed by atoms with van der Waals surface area (Å²) in [6, 6.07) is 14.7. The topological polar surface area (TPSA) is 20.2 Å². The van der Waals surface area contributed by atoms with Gasteiger partial charge in [0.1, 0.15) is 5.75 Å². The Morgan fingerprint density at radius 3 is 1.38 bits per heavy atom. The van der Waals surface area contributed by atoms with Crippen molar-refractivity contribution in [1.29, 1.82) is 0 Å². The molecule has 0 bridgehead atoms. The second-order valence-electron chi connectivity index (χ2n) is 11.3. The number of aryl methyl sites for hydroxylation is 1. The third-order valence-electron chi connectivity index (χ3n) is 8.03. The number of phenols is 1. The van der Waals surface area contributed by atoms with Crippen LogP contribution in [0.5, 0.6) is 5.75 Å². The summed E-state index contributed by atoms with van der Waals surface area (Å²) in [6.07, 6.45) is 29.6. The van der Waals surface area contributed by atoms with E-state index in [0.717, 1.165) is 24.0 Å². The smallest absolute Gasteiger partial charge is 0.123 e. The predicted octanol–water partition coefficient (Wildman–Crippen LogP) is 12.0. The first-order valence-electron chi connectivity index (χ1n) is 16.2. The Kier molecular flexibility index (Phi) is 18.0. The van der Waals surface area contributed by atoms with E-state index in [9.17, 15) is 5.11 Å². The van der Waals surface area contributed by atoms with Crippen LogP contribution >= 0.6 is 0 Å². The molecule has 0 amide bonds. The molecule has 0 aliphatic carbocycles. The number of unbranched alkanes of at least 4 members (excludes halogenated alkanes) is 18. The van der Waals surface area contributed by atoms with Gasteiger partial charge in [-0.05, 0) is 48.4 Å². The first-order valence-corrected chi connectivity index (χ1v) is 16.2. The quantitative estimate of drug-likeness (QED) is 0.149. The second kappa shape index (κ2) is 21.2. The van der Waals surface area contributed by atoms with Crippen LogP contribution in [0.4, 0.5) is 0 Å². The SMILES string of the molecule is CCCCCCCCCCCCc1ccc(O)c(-c2ccccc2)c1CCCCCCCCCCCC. The standard InChI is InChI=1S/C36H58O/c1-3-5-7-9-11-13-15-17-19-22-26-32-30-31-35(37)36(33-27-23-21-24-28-33)34(32)29-25-20-18-16-14-12-10-8-6-4-2/h21,23-24,27-28,30-31,37H,3-20,22,25-26,29H2,1-2H3. The van der Waals surface area contributed by atoms with Gasteiger partial charge in [0, 0.05) is 5.56 Å². The lowest BCUT2D eigenvalue weighted by Crippen LogP contribution is -2.00. The Morgan fingerprint density at radius 2 is 0.892 bits per heavy atom. The Bertz CT molecular complexity index is 794. The summed E-state index contributed by atoms with van der Waals surface area (Å²) in [5.74, 6) is 0.445. The van der Waals surface area contributed by atoms with E-state index >= 15 is 0 Å². The Balaban J connectivity index is 1.83. The van der Waals surface area contributed by atoms with E-state index in [-0.39, 0.29) is 0 Å². The van der Waals surface area contributed by atoms with Crippen molar-refractivity contribution in [3.05, 3.63) is 53.6 Å². The maximum Gasteiger partial charge on any atom is 0.123 e. The van der Waals surface area contributed by atoms with Gasteiger partial charge in [-0.2, -0.15) is 0 Å². The van der Waals surface area contributed by atoms with Crippen LogP contribution in [0, 0.1) is 0 Å². The third kappa shape index (κ3) is 13.6. The maximum atomic E-state index is 10.9. The number of benzene rings is 2. The molecule has 0 heterocycles. The van der Waals surface area contributed by atoms with Gasteiger partial charge in [-0.3, -0.25) is 0 Å². The van der Waals surface area contributed by atoms with Crippen LogP contribution in [0.3, 0.4) is 0 Å². The summed E-state index contributed by atoms with van der Waals surface area (Å²) in [5.41, 5.74) is 5.11. The van der Waals surface area contributed by atoms with E-state index in [2.05, 4.69) is 50.2 Å². The summed E-state index contributed by atoms with van der Waals surface area (Å²) in [7, 11) is 0. The molecule has 0 aliphatic rings. The third-order valence-corrected chi connectivity index (χ3v) is 8.03. The highest BCUT2D eigenvalue weighted by molar-refractivity contribution is 5.75. The fourth-order valence-electron chi connectivity index (χ4n) is 5.72. The monoisotopic (exact) mass is 506 g/mol. The van der Waals surface area contributed by atoms with Gasteiger partial charge in [0.2, 0.25) is 0 Å². The summed E-state index contributed by atoms with van der Waals surface area (Å²) in [6.45, 7) is 4.58. The molecule has 2 aromatic carbocycles. The van der Waals surface area contributed by atoms with Crippen molar-refractivity contribution in [1.82, 2.24) is 0 Å². The summed E-state index contributed by atoms with van der Waals surface area (Å²) in [5, 5.41) is 10.9. The van der Waals surface area contributed by atoms with Crippen molar-refractivity contribution in [2.24, 2.45) is 0 Å². The van der Waals surface area contributed by atoms with E-state index in [1.165, 1.54) is 140 Å². The zero-order valence-electron chi connectivity index (χ0n) is 24.5. The molecule has 1 nitrogen and oxygen atoms in total. The minimum Gasteiger partial charge on any atom is -0.507 e. The molecule has 1 heteroatoms. The van der Waals surface area contributed by atoms with Crippen molar-refractivity contribution in [2.45, 2.75) is 155 Å². The minimum absolute atomic E-state index is 0.445. The van der Waals surface area contributed by atoms with Crippen LogP contribution in [0.2, 0.25) is 0 Å². The average Bonchev–Trinajstić information content (AvgIpc) is 2.92. The van der Waals surface area contributed by atoms with Crippen LogP contribution in [0.25, 0.3) is 11.1 Å². The highest BCUT2D eigenvalue weighted by atomic mass is 16.3. The highest BCUT2D eigenvalue weighted by Crippen LogP contribution is 2.36. The van der Waals surface area contributed by atoms with Crippen molar-refractivity contribution in [3.63, 3.8) is 0 Å². The van der Waals surface area contributed by atoms with Crippen LogP contribution in [0.1, 0.15) is 153 Å². The molecular weight excluding hydrogens is 448 g/mol. The van der Waals surface area contributed by atoms with Crippen molar-refractivity contribution < 1.29 is 5.11 Å². The van der Waals surface area contributed by atoms with E-state index in [0.29, 0.717) is 5.75 Å². The number of rotatable bonds is 23. The van der Waals surface area contributed by atoms with Crippen LogP contribution in [-0.2, 0) is 12.8 Å². The second-order valence-corrected chi connectivity index (χ2v) is 11.3. The lowest BCUT2D eigenvalue weighted by atomic mass is 9.88. The molecule has 37 heavy (non-hydrogen) atoms. The molecule has 0 spiro atoms. The normalized spacial score (nSPS) is 11.3. The fourth-order valence-corrected chi connectivity index (χ4v) is 5.72. The molecule has 208 valence electrons. The molecule has 0 aromatic heterocycles. The van der Waals surface area contributed by atoms with Gasteiger partial charge in [0.05, 0.1) is 0 Å². The number of phenolic OH excluding ortho intramolecular Hbond substituents is 1. The molecule has 1 N–H and O–H groups in total. The molecule has 2 aromatic rings. The molecular formula is C36H58O. The van der Waals surface area contributed by atoms with Gasteiger partial charge in [-0.15, -0.1) is 0 Å². The van der Waals surface area contributed by atoms with E-state index < -0.39 is 0 Å². The van der Waals surface area contributed by atoms with Crippen LogP contribution in [0.15, 0.2) is 42.5 Å². The molecule has 0 aliphatic heterocycles. The molecule has 0 unspecified atom stereocenters. The first-order chi connectivity index (χ1) is 18.3. The van der Waals surface area contributed by atoms with Gasteiger partial charge in [0.15, 0.2) is 0 Å². The van der Waals surface area contributed by atoms with Gasteiger partial charge >= 0.3 is 0 Å². The van der Waals surface area contributed by atoms with Crippen LogP contribution < -0.4 is 0 Å². The van der Waals surface area contributed by atoms with Gasteiger partial charge in [-0.1, -0.05) is 166 Å². The molecule has 2 rings (SSSR count). The molecule has 0 saturated heterocycles. The number of hydrogen-bond donors (Lipinski definition) is 1. The van der Waals surface area contributed by atoms with Crippen molar-refractivity contribution in [2.75, 3.05) is 0 Å². The Morgan fingerprint density at radius 1 is 0.459 bits per heavy atom. The van der Waals surface area contributed by atoms with E-state index in [1.54, 1.807) is 0 Å². The molecule has 0 fully saturated rings. The summed E-state index contributed by atoms with van der Waals surface area (Å²) < 4.78 is 0. The van der Waals surface area contributed by atoms with Crippen molar-refractivity contribution >= 4 is 0 Å². The number of aromatic hydroxyl groups is 1. The average molecular weight is 507 g/mol. The first kappa shape index (κ1) is 31.5. The lowest BCUT2D eigenvalue weighted by molar-refractivity contribution is 0.476.